The van der Waals surface area contributed by atoms with Crippen molar-refractivity contribution in [3.05, 3.63) is 28.8 Å². The molecule has 0 bridgehead atoms. The average Bonchev–Trinajstić information content (AvgIpc) is 2.48. The van der Waals surface area contributed by atoms with E-state index < -0.39 is 5.60 Å². The summed E-state index contributed by atoms with van der Waals surface area (Å²) in [6, 6.07) is 4.49. The van der Waals surface area contributed by atoms with Gasteiger partial charge in [-0.1, -0.05) is 19.9 Å². The fraction of sp³-hybridized carbons (Fsp3) is 0.714. The normalized spacial score (nSPS) is 22.0. The van der Waals surface area contributed by atoms with E-state index in [9.17, 15) is 5.11 Å². The Balaban J connectivity index is 2.17. The number of rotatable bonds is 7. The summed E-state index contributed by atoms with van der Waals surface area (Å²) in [5.41, 5.74) is 3.31. The molecule has 1 N–H and O–H groups in total. The third kappa shape index (κ3) is 5.44. The quantitative estimate of drug-likeness (QED) is 0.819. The summed E-state index contributed by atoms with van der Waals surface area (Å²) < 4.78 is 5.84. The van der Waals surface area contributed by atoms with E-state index in [0.717, 1.165) is 44.8 Å². The molecule has 0 aliphatic carbocycles. The second-order valence-corrected chi connectivity index (χ2v) is 8.18. The van der Waals surface area contributed by atoms with Gasteiger partial charge < -0.3 is 14.7 Å². The maximum atomic E-state index is 10.9. The van der Waals surface area contributed by atoms with Crippen LogP contribution < -0.4 is 4.74 Å². The smallest absolute Gasteiger partial charge is 0.123 e. The molecule has 1 saturated heterocycles. The third-order valence-electron chi connectivity index (χ3n) is 5.03. The Morgan fingerprint density at radius 3 is 2.64 bits per heavy atom. The van der Waals surface area contributed by atoms with Gasteiger partial charge >= 0.3 is 0 Å². The maximum absolute atomic E-state index is 10.9. The van der Waals surface area contributed by atoms with Gasteiger partial charge in [-0.25, -0.2) is 0 Å². The molecule has 0 spiro atoms. The van der Waals surface area contributed by atoms with E-state index in [4.69, 9.17) is 4.74 Å². The van der Waals surface area contributed by atoms with Crippen LogP contribution in [0.25, 0.3) is 0 Å². The van der Waals surface area contributed by atoms with Gasteiger partial charge in [0, 0.05) is 19.6 Å². The average molecular weight is 349 g/mol. The molecule has 1 atom stereocenters. The molecule has 25 heavy (non-hydrogen) atoms. The fourth-order valence-corrected chi connectivity index (χ4v) is 3.95. The monoisotopic (exact) mass is 348 g/mol. The number of likely N-dealkylation sites (tertiary alicyclic amines) is 1. The number of aliphatic hydroxyl groups is 1. The van der Waals surface area contributed by atoms with Crippen molar-refractivity contribution >= 4 is 0 Å². The van der Waals surface area contributed by atoms with E-state index in [1.54, 1.807) is 0 Å². The van der Waals surface area contributed by atoms with Gasteiger partial charge in [-0.2, -0.15) is 0 Å². The van der Waals surface area contributed by atoms with Crippen LogP contribution in [0.4, 0.5) is 0 Å². The van der Waals surface area contributed by atoms with Crippen LogP contribution in [0.2, 0.25) is 0 Å². The first-order chi connectivity index (χ1) is 11.7. The van der Waals surface area contributed by atoms with Gasteiger partial charge in [-0.05, 0) is 76.0 Å². The molecule has 0 saturated carbocycles. The number of β-amino-alcohol motifs (C(OH)–C–C–N with tert-alkyl or cyclic N) is 1. The second-order valence-electron chi connectivity index (χ2n) is 8.18. The Labute approximate surface area is 153 Å². The van der Waals surface area contributed by atoms with E-state index in [1.165, 1.54) is 16.7 Å². The first-order valence-electron chi connectivity index (χ1n) is 9.60. The lowest BCUT2D eigenvalue weighted by Gasteiger charge is -2.41. The van der Waals surface area contributed by atoms with Crippen molar-refractivity contribution in [2.75, 3.05) is 40.3 Å². The number of aryl methyl sites for hydroxylation is 1. The van der Waals surface area contributed by atoms with Crippen LogP contribution in [0.3, 0.4) is 0 Å². The van der Waals surface area contributed by atoms with Crippen molar-refractivity contribution in [2.45, 2.75) is 58.6 Å². The SMILES string of the molecule is CCOc1cc(C)c(CN2CCC[C@@](O)(CN(C)C)C2)cc1C(C)C. The van der Waals surface area contributed by atoms with Crippen LogP contribution in [-0.4, -0.2) is 60.8 Å². The highest BCUT2D eigenvalue weighted by atomic mass is 16.5. The van der Waals surface area contributed by atoms with Crippen molar-refractivity contribution in [1.29, 1.82) is 0 Å². The maximum Gasteiger partial charge on any atom is 0.123 e. The first kappa shape index (κ1) is 20.2. The van der Waals surface area contributed by atoms with Gasteiger partial charge in [0.2, 0.25) is 0 Å². The molecule has 2 rings (SSSR count). The Hall–Kier alpha value is -1.10. The molecular formula is C21H36N2O2. The summed E-state index contributed by atoms with van der Waals surface area (Å²) >= 11 is 0. The topological polar surface area (TPSA) is 35.9 Å². The lowest BCUT2D eigenvalue weighted by molar-refractivity contribution is -0.0480. The molecule has 4 heteroatoms. The van der Waals surface area contributed by atoms with Crippen LogP contribution in [0.1, 0.15) is 56.2 Å². The number of piperidine rings is 1. The van der Waals surface area contributed by atoms with Gasteiger partial charge in [0.1, 0.15) is 5.75 Å². The Morgan fingerprint density at radius 1 is 1.32 bits per heavy atom. The lowest BCUT2D eigenvalue weighted by atomic mass is 9.91. The summed E-state index contributed by atoms with van der Waals surface area (Å²) in [6.07, 6.45) is 1.94. The summed E-state index contributed by atoms with van der Waals surface area (Å²) in [5.74, 6) is 1.45. The molecular weight excluding hydrogens is 312 g/mol. The molecule has 0 aromatic heterocycles. The Bertz CT molecular complexity index is 571. The molecule has 0 amide bonds. The number of hydrogen-bond acceptors (Lipinski definition) is 4. The van der Waals surface area contributed by atoms with Crippen molar-refractivity contribution in [1.82, 2.24) is 9.80 Å². The molecule has 142 valence electrons. The zero-order valence-electron chi connectivity index (χ0n) is 16.9. The van der Waals surface area contributed by atoms with E-state index in [2.05, 4.69) is 42.7 Å². The van der Waals surface area contributed by atoms with Gasteiger partial charge in [-0.3, -0.25) is 4.90 Å². The predicted molar refractivity (Wildman–Crippen MR) is 104 cm³/mol. The fourth-order valence-electron chi connectivity index (χ4n) is 3.95. The number of hydrogen-bond donors (Lipinski definition) is 1. The summed E-state index contributed by atoms with van der Waals surface area (Å²) in [7, 11) is 4.06. The number of nitrogens with zero attached hydrogens (tertiary/aromatic N) is 2. The number of benzene rings is 1. The van der Waals surface area contributed by atoms with Gasteiger partial charge in [0.05, 0.1) is 12.2 Å². The molecule has 4 nitrogen and oxygen atoms in total. The molecule has 0 radical (unpaired) electrons. The highest BCUT2D eigenvalue weighted by Gasteiger charge is 2.33. The second kappa shape index (κ2) is 8.52. The van der Waals surface area contributed by atoms with Gasteiger partial charge in [0.15, 0.2) is 0 Å². The summed E-state index contributed by atoms with van der Waals surface area (Å²) in [5, 5.41) is 10.9. The van der Waals surface area contributed by atoms with Crippen molar-refractivity contribution in [3.63, 3.8) is 0 Å². The van der Waals surface area contributed by atoms with E-state index in [1.807, 2.05) is 21.0 Å². The molecule has 0 unspecified atom stereocenters. The molecule has 1 heterocycles. The summed E-state index contributed by atoms with van der Waals surface area (Å²) in [4.78, 5) is 4.49. The molecule has 1 aromatic carbocycles. The van der Waals surface area contributed by atoms with Crippen LogP contribution in [-0.2, 0) is 6.54 Å². The lowest BCUT2D eigenvalue weighted by Crippen LogP contribution is -2.52. The van der Waals surface area contributed by atoms with Gasteiger partial charge in [-0.15, -0.1) is 0 Å². The van der Waals surface area contributed by atoms with Crippen LogP contribution in [0.15, 0.2) is 12.1 Å². The largest absolute Gasteiger partial charge is 0.494 e. The first-order valence-corrected chi connectivity index (χ1v) is 9.60. The van der Waals surface area contributed by atoms with Crippen LogP contribution in [0, 0.1) is 6.92 Å². The predicted octanol–water partition coefficient (Wildman–Crippen LogP) is 3.41. The molecule has 1 aliphatic heterocycles. The van der Waals surface area contributed by atoms with Crippen LogP contribution >= 0.6 is 0 Å². The minimum absolute atomic E-state index is 0.438. The number of likely N-dealkylation sites (N-methyl/N-ethyl adjacent to an activating group) is 1. The molecule has 1 aromatic rings. The van der Waals surface area contributed by atoms with Crippen molar-refractivity contribution in [3.8, 4) is 5.75 Å². The Morgan fingerprint density at radius 2 is 2.04 bits per heavy atom. The zero-order valence-corrected chi connectivity index (χ0v) is 16.9. The minimum Gasteiger partial charge on any atom is -0.494 e. The van der Waals surface area contributed by atoms with Gasteiger partial charge in [0.25, 0.3) is 0 Å². The Kier molecular flexibility index (Phi) is 6.89. The van der Waals surface area contributed by atoms with E-state index in [-0.39, 0.29) is 0 Å². The van der Waals surface area contributed by atoms with Crippen LogP contribution in [0.5, 0.6) is 5.75 Å². The van der Waals surface area contributed by atoms with Crippen molar-refractivity contribution in [2.24, 2.45) is 0 Å². The zero-order chi connectivity index (χ0) is 18.6. The summed E-state index contributed by atoms with van der Waals surface area (Å²) in [6.45, 7) is 12.7. The highest BCUT2D eigenvalue weighted by molar-refractivity contribution is 5.44. The standard InChI is InChI=1S/C21H36N2O2/c1-7-25-20-11-17(4)18(12-19(20)16(2)3)13-23-10-8-9-21(24,15-23)14-22(5)6/h11-12,16,24H,7-10,13-15H2,1-6H3/t21-/m1/s1. The number of ether oxygens (including phenoxy) is 1. The van der Waals surface area contributed by atoms with Crippen molar-refractivity contribution < 1.29 is 9.84 Å². The van der Waals surface area contributed by atoms with E-state index >= 15 is 0 Å². The third-order valence-corrected chi connectivity index (χ3v) is 5.03. The minimum atomic E-state index is -0.595. The van der Waals surface area contributed by atoms with E-state index in [0.29, 0.717) is 12.5 Å². The highest BCUT2D eigenvalue weighted by Crippen LogP contribution is 2.31. The molecule has 1 fully saturated rings. The molecule has 1 aliphatic rings.